The fourth-order valence-electron chi connectivity index (χ4n) is 4.25. The molecule has 2 N–H and O–H groups in total. The molecule has 1 saturated heterocycles. The molecule has 1 fully saturated rings. The number of hydrogen-bond acceptors (Lipinski definition) is 4. The van der Waals surface area contributed by atoms with Gasteiger partial charge in [-0.25, -0.2) is 9.18 Å². The third-order valence-electron chi connectivity index (χ3n) is 5.91. The third-order valence-corrected chi connectivity index (χ3v) is 5.91. The number of nitrogens with one attached hydrogen (secondary N) is 2. The van der Waals surface area contributed by atoms with Crippen molar-refractivity contribution < 1.29 is 23.5 Å². The topological polar surface area (TPSA) is 79.9 Å². The van der Waals surface area contributed by atoms with E-state index in [0.717, 1.165) is 6.42 Å². The Hall–Kier alpha value is -3.29. The number of amides is 3. The summed E-state index contributed by atoms with van der Waals surface area (Å²) in [5.41, 5.74) is 1.03. The van der Waals surface area contributed by atoms with Crippen LogP contribution >= 0.6 is 0 Å². The molecule has 7 nitrogen and oxygen atoms in total. The minimum atomic E-state index is -0.423. The first-order chi connectivity index (χ1) is 15.0. The number of rotatable bonds is 2. The van der Waals surface area contributed by atoms with E-state index in [-0.39, 0.29) is 23.8 Å². The molecule has 0 aliphatic carbocycles. The van der Waals surface area contributed by atoms with E-state index in [1.807, 2.05) is 18.2 Å². The van der Waals surface area contributed by atoms with Gasteiger partial charge in [-0.1, -0.05) is 6.07 Å². The molecule has 2 aliphatic rings. The molecule has 0 radical (unpaired) electrons. The van der Waals surface area contributed by atoms with Crippen molar-refractivity contribution in [1.82, 2.24) is 4.90 Å². The van der Waals surface area contributed by atoms with Crippen LogP contribution in [0.5, 0.6) is 11.5 Å². The Kier molecular flexibility index (Phi) is 6.25. The molecule has 3 amide bonds. The number of piperidine rings is 1. The van der Waals surface area contributed by atoms with Crippen LogP contribution in [0.4, 0.5) is 20.6 Å². The molecule has 0 spiro atoms. The van der Waals surface area contributed by atoms with Gasteiger partial charge in [-0.05, 0) is 48.9 Å². The highest BCUT2D eigenvalue weighted by Crippen LogP contribution is 2.33. The number of benzene rings is 2. The first-order valence-corrected chi connectivity index (χ1v) is 10.4. The molecule has 2 aliphatic heterocycles. The number of anilines is 2. The average molecular weight is 427 g/mol. The van der Waals surface area contributed by atoms with Crippen LogP contribution in [0.15, 0.2) is 42.5 Å². The zero-order valence-corrected chi connectivity index (χ0v) is 17.4. The first kappa shape index (κ1) is 21.0. The van der Waals surface area contributed by atoms with Crippen LogP contribution in [0, 0.1) is 17.7 Å². The Morgan fingerprint density at radius 3 is 2.94 bits per heavy atom. The second-order valence-corrected chi connectivity index (χ2v) is 7.95. The molecule has 4 rings (SSSR count). The van der Waals surface area contributed by atoms with Crippen molar-refractivity contribution in [2.24, 2.45) is 11.8 Å². The number of methoxy groups -OCH3 is 1. The van der Waals surface area contributed by atoms with Crippen LogP contribution in [-0.4, -0.2) is 43.6 Å². The average Bonchev–Trinajstić information content (AvgIpc) is 2.76. The van der Waals surface area contributed by atoms with Gasteiger partial charge in [-0.2, -0.15) is 0 Å². The first-order valence-electron chi connectivity index (χ1n) is 10.4. The predicted octanol–water partition coefficient (Wildman–Crippen LogP) is 4.12. The van der Waals surface area contributed by atoms with Gasteiger partial charge in [0.2, 0.25) is 5.91 Å². The molecule has 2 heterocycles. The Balaban J connectivity index is 1.42. The zero-order chi connectivity index (χ0) is 21.8. The number of ether oxygens (including phenoxy) is 2. The standard InChI is InChI=1S/C23H26FN3O4/c1-30-19-4-2-3-18(13-19)25-23(29)27-9-7-15-11-22(28)26-20-12-17(24)5-6-21(20)31-10-8-16(15)14-27/h2-6,12-13,15-16H,7-11,14H2,1H3,(H,25,29)(H,26,28)/t15-,16-/m0/s1. The van der Waals surface area contributed by atoms with Gasteiger partial charge in [0, 0.05) is 37.3 Å². The number of nitrogens with zero attached hydrogens (tertiary/aromatic N) is 1. The maximum Gasteiger partial charge on any atom is 0.321 e. The molecule has 164 valence electrons. The van der Waals surface area contributed by atoms with Crippen LogP contribution < -0.4 is 20.1 Å². The smallest absolute Gasteiger partial charge is 0.321 e. The summed E-state index contributed by atoms with van der Waals surface area (Å²) >= 11 is 0. The molecular weight excluding hydrogens is 401 g/mol. The Morgan fingerprint density at radius 2 is 2.10 bits per heavy atom. The molecule has 0 aromatic heterocycles. The van der Waals surface area contributed by atoms with E-state index in [1.165, 1.54) is 18.2 Å². The fraction of sp³-hybridized carbons (Fsp3) is 0.391. The number of fused-ring (bicyclic) bond motifs is 2. The second kappa shape index (κ2) is 9.24. The van der Waals surface area contributed by atoms with Crippen molar-refractivity contribution >= 4 is 23.3 Å². The largest absolute Gasteiger partial charge is 0.497 e. The van der Waals surface area contributed by atoms with E-state index in [9.17, 15) is 14.0 Å². The molecule has 0 bridgehead atoms. The lowest BCUT2D eigenvalue weighted by atomic mass is 9.81. The van der Waals surface area contributed by atoms with Crippen LogP contribution in [-0.2, 0) is 4.79 Å². The molecule has 0 unspecified atom stereocenters. The van der Waals surface area contributed by atoms with Crippen LogP contribution in [0.3, 0.4) is 0 Å². The Bertz CT molecular complexity index is 968. The lowest BCUT2D eigenvalue weighted by Gasteiger charge is -2.39. The molecule has 2 aromatic rings. The van der Waals surface area contributed by atoms with E-state index in [2.05, 4.69) is 10.6 Å². The van der Waals surface area contributed by atoms with E-state index >= 15 is 0 Å². The van der Waals surface area contributed by atoms with Gasteiger partial charge in [-0.3, -0.25) is 4.79 Å². The summed E-state index contributed by atoms with van der Waals surface area (Å²) in [5, 5.41) is 5.69. The van der Waals surface area contributed by atoms with Gasteiger partial charge in [0.15, 0.2) is 0 Å². The van der Waals surface area contributed by atoms with E-state index < -0.39 is 5.82 Å². The number of carbonyl (C=O) groups is 2. The normalized spacial score (nSPS) is 21.1. The minimum absolute atomic E-state index is 0.137. The van der Waals surface area contributed by atoms with E-state index in [0.29, 0.717) is 55.4 Å². The summed E-state index contributed by atoms with van der Waals surface area (Å²) in [6.45, 7) is 1.55. The molecular formula is C23H26FN3O4. The van der Waals surface area contributed by atoms with E-state index in [4.69, 9.17) is 9.47 Å². The monoisotopic (exact) mass is 427 g/mol. The van der Waals surface area contributed by atoms with E-state index in [1.54, 1.807) is 18.1 Å². The minimum Gasteiger partial charge on any atom is -0.497 e. The summed E-state index contributed by atoms with van der Waals surface area (Å²) in [7, 11) is 1.58. The lowest BCUT2D eigenvalue weighted by molar-refractivity contribution is -0.118. The fourth-order valence-corrected chi connectivity index (χ4v) is 4.25. The van der Waals surface area contributed by atoms with Crippen molar-refractivity contribution in [3.05, 3.63) is 48.3 Å². The van der Waals surface area contributed by atoms with Crippen molar-refractivity contribution in [2.75, 3.05) is 37.4 Å². The Morgan fingerprint density at radius 1 is 1.23 bits per heavy atom. The quantitative estimate of drug-likeness (QED) is 0.756. The zero-order valence-electron chi connectivity index (χ0n) is 17.4. The van der Waals surface area contributed by atoms with Gasteiger partial charge in [0.25, 0.3) is 0 Å². The predicted molar refractivity (Wildman–Crippen MR) is 115 cm³/mol. The van der Waals surface area contributed by atoms with Gasteiger partial charge in [0.05, 0.1) is 19.4 Å². The third kappa shape index (κ3) is 5.07. The molecule has 8 heteroatoms. The van der Waals surface area contributed by atoms with Crippen LogP contribution in [0.2, 0.25) is 0 Å². The molecule has 2 aromatic carbocycles. The Labute approximate surface area is 180 Å². The lowest BCUT2D eigenvalue weighted by Crippen LogP contribution is -2.46. The second-order valence-electron chi connectivity index (χ2n) is 7.95. The van der Waals surface area contributed by atoms with Gasteiger partial charge in [0.1, 0.15) is 17.3 Å². The summed E-state index contributed by atoms with van der Waals surface area (Å²) in [4.78, 5) is 27.1. The van der Waals surface area contributed by atoms with Crippen molar-refractivity contribution in [3.8, 4) is 11.5 Å². The number of urea groups is 1. The summed E-state index contributed by atoms with van der Waals surface area (Å²) in [6, 6.07) is 11.2. The summed E-state index contributed by atoms with van der Waals surface area (Å²) < 4.78 is 24.6. The van der Waals surface area contributed by atoms with Crippen LogP contribution in [0.25, 0.3) is 0 Å². The number of likely N-dealkylation sites (tertiary alicyclic amines) is 1. The van der Waals surface area contributed by atoms with Gasteiger partial charge in [-0.15, -0.1) is 0 Å². The van der Waals surface area contributed by atoms with Crippen molar-refractivity contribution in [3.63, 3.8) is 0 Å². The SMILES string of the molecule is COc1cccc(NC(=O)N2CC[C@H]3CC(=O)Nc4cc(F)ccc4OCC[C@H]3C2)c1. The number of carbonyl (C=O) groups excluding carboxylic acids is 2. The molecule has 2 atom stereocenters. The highest BCUT2D eigenvalue weighted by Gasteiger charge is 2.33. The van der Waals surface area contributed by atoms with Gasteiger partial charge < -0.3 is 25.0 Å². The van der Waals surface area contributed by atoms with Crippen molar-refractivity contribution in [2.45, 2.75) is 19.3 Å². The number of halogens is 1. The highest BCUT2D eigenvalue weighted by molar-refractivity contribution is 5.92. The molecule has 31 heavy (non-hydrogen) atoms. The maximum atomic E-state index is 13.6. The molecule has 0 saturated carbocycles. The number of hydrogen-bond donors (Lipinski definition) is 2. The summed E-state index contributed by atoms with van der Waals surface area (Å²) in [5.74, 6) is 0.815. The van der Waals surface area contributed by atoms with Gasteiger partial charge >= 0.3 is 6.03 Å². The maximum absolute atomic E-state index is 13.6. The van der Waals surface area contributed by atoms with Crippen molar-refractivity contribution in [1.29, 1.82) is 0 Å². The summed E-state index contributed by atoms with van der Waals surface area (Å²) in [6.07, 6.45) is 1.77. The highest BCUT2D eigenvalue weighted by atomic mass is 19.1. The van der Waals surface area contributed by atoms with Crippen LogP contribution in [0.1, 0.15) is 19.3 Å².